The number of thioether (sulfide) groups is 1. The van der Waals surface area contributed by atoms with Gasteiger partial charge in [0.15, 0.2) is 0 Å². The van der Waals surface area contributed by atoms with Crippen LogP contribution in [0.25, 0.3) is 5.69 Å². The Morgan fingerprint density at radius 3 is 2.85 bits per heavy atom. The molecule has 1 heterocycles. The molecule has 1 aliphatic carbocycles. The Morgan fingerprint density at radius 2 is 1.96 bits per heavy atom. The lowest BCUT2D eigenvalue weighted by molar-refractivity contribution is -0.00960. The molecule has 1 aromatic heterocycles. The van der Waals surface area contributed by atoms with Crippen molar-refractivity contribution in [1.82, 2.24) is 20.2 Å². The molecule has 4 rings (SSSR count). The highest BCUT2D eigenvalue weighted by atomic mass is 32.2. The van der Waals surface area contributed by atoms with Crippen LogP contribution in [-0.4, -0.2) is 43.8 Å². The average Bonchev–Trinajstić information content (AvgIpc) is 3.20. The number of fused-ring (bicyclic) bond motifs is 1. The van der Waals surface area contributed by atoms with Crippen molar-refractivity contribution in [3.63, 3.8) is 0 Å². The maximum absolute atomic E-state index is 10.4. The third kappa shape index (κ3) is 4.37. The van der Waals surface area contributed by atoms with Crippen LogP contribution >= 0.6 is 11.8 Å². The molecule has 7 heteroatoms. The van der Waals surface area contributed by atoms with E-state index >= 15 is 0 Å². The van der Waals surface area contributed by atoms with Crippen molar-refractivity contribution >= 4 is 11.8 Å². The number of para-hydroxylation sites is 1. The Bertz CT molecular complexity index is 871. The van der Waals surface area contributed by atoms with Crippen molar-refractivity contribution in [2.45, 2.75) is 36.6 Å². The first kappa shape index (κ1) is 18.2. The van der Waals surface area contributed by atoms with Gasteiger partial charge in [-0.2, -0.15) is 4.68 Å². The van der Waals surface area contributed by atoms with Crippen LogP contribution in [0, 0.1) is 0 Å². The number of tetrazole rings is 1. The third-order valence-electron chi connectivity index (χ3n) is 4.65. The number of aliphatic hydroxyl groups is 1. The SMILES string of the molecule is O[C@H](CO[C@@H]1CCCc2ccccc21)CSc1nnnn1-c1ccccc1. The maximum Gasteiger partial charge on any atom is 0.214 e. The fourth-order valence-corrected chi connectivity index (χ4v) is 4.12. The molecule has 27 heavy (non-hydrogen) atoms. The molecule has 6 nitrogen and oxygen atoms in total. The lowest BCUT2D eigenvalue weighted by Crippen LogP contribution is -2.22. The molecule has 0 fully saturated rings. The van der Waals surface area contributed by atoms with Crippen molar-refractivity contribution in [1.29, 1.82) is 0 Å². The molecule has 1 N–H and O–H groups in total. The highest BCUT2D eigenvalue weighted by Crippen LogP contribution is 2.32. The number of ether oxygens (including phenoxy) is 1. The molecular formula is C20H22N4O2S. The van der Waals surface area contributed by atoms with Crippen molar-refractivity contribution in [2.24, 2.45) is 0 Å². The Hall–Kier alpha value is -2.22. The predicted octanol–water partition coefficient (Wildman–Crippen LogP) is 3.21. The van der Waals surface area contributed by atoms with Crippen LogP contribution in [0.3, 0.4) is 0 Å². The summed E-state index contributed by atoms with van der Waals surface area (Å²) in [4.78, 5) is 0. The lowest BCUT2D eigenvalue weighted by atomic mass is 9.89. The van der Waals surface area contributed by atoms with E-state index in [1.807, 2.05) is 30.3 Å². The van der Waals surface area contributed by atoms with Gasteiger partial charge in [-0.05, 0) is 52.9 Å². The highest BCUT2D eigenvalue weighted by molar-refractivity contribution is 7.99. The summed E-state index contributed by atoms with van der Waals surface area (Å²) in [5.41, 5.74) is 3.52. The summed E-state index contributed by atoms with van der Waals surface area (Å²) >= 11 is 1.43. The number of hydrogen-bond donors (Lipinski definition) is 1. The van der Waals surface area contributed by atoms with Crippen molar-refractivity contribution in [3.05, 3.63) is 65.7 Å². The number of aromatic nitrogens is 4. The van der Waals surface area contributed by atoms with Crippen LogP contribution in [0.1, 0.15) is 30.1 Å². The van der Waals surface area contributed by atoms with E-state index in [-0.39, 0.29) is 6.10 Å². The van der Waals surface area contributed by atoms with Gasteiger partial charge in [0.1, 0.15) is 0 Å². The van der Waals surface area contributed by atoms with E-state index in [1.165, 1.54) is 22.9 Å². The molecular weight excluding hydrogens is 360 g/mol. The van der Waals surface area contributed by atoms with Gasteiger partial charge in [-0.3, -0.25) is 0 Å². The van der Waals surface area contributed by atoms with Gasteiger partial charge in [-0.15, -0.1) is 5.10 Å². The second-order valence-electron chi connectivity index (χ2n) is 6.59. The number of nitrogens with zero attached hydrogens (tertiary/aromatic N) is 4. The van der Waals surface area contributed by atoms with Gasteiger partial charge in [-0.1, -0.05) is 54.2 Å². The van der Waals surface area contributed by atoms with Crippen LogP contribution < -0.4 is 0 Å². The number of aliphatic hydroxyl groups excluding tert-OH is 1. The quantitative estimate of drug-likeness (QED) is 0.633. The summed E-state index contributed by atoms with van der Waals surface area (Å²) in [6.45, 7) is 0.304. The standard InChI is InChI=1S/C20H22N4O2S/c25-17(13-26-19-12-6-8-15-7-4-5-11-18(15)19)14-27-20-21-22-23-24(20)16-9-2-1-3-10-16/h1-5,7,9-11,17,19,25H,6,8,12-14H2/t17-,19-/m1/s1. The average molecular weight is 382 g/mol. The molecule has 0 radical (unpaired) electrons. The molecule has 1 aliphatic rings. The van der Waals surface area contributed by atoms with E-state index in [0.29, 0.717) is 17.5 Å². The summed E-state index contributed by atoms with van der Waals surface area (Å²) in [6.07, 6.45) is 2.73. The Labute approximate surface area is 162 Å². The molecule has 2 aromatic carbocycles. The molecule has 0 bridgehead atoms. The van der Waals surface area contributed by atoms with Gasteiger partial charge in [0.25, 0.3) is 0 Å². The number of aryl methyl sites for hydroxylation is 1. The zero-order valence-corrected chi connectivity index (χ0v) is 15.8. The Balaban J connectivity index is 1.32. The van der Waals surface area contributed by atoms with Crippen LogP contribution in [-0.2, 0) is 11.2 Å². The molecule has 0 saturated heterocycles. The van der Waals surface area contributed by atoms with Crippen molar-refractivity contribution in [2.75, 3.05) is 12.4 Å². The molecule has 3 aromatic rings. The summed E-state index contributed by atoms with van der Waals surface area (Å²) in [5.74, 6) is 0.474. The van der Waals surface area contributed by atoms with Gasteiger partial charge >= 0.3 is 0 Å². The van der Waals surface area contributed by atoms with Gasteiger partial charge in [0.2, 0.25) is 5.16 Å². The van der Waals surface area contributed by atoms with E-state index in [4.69, 9.17) is 4.74 Å². The van der Waals surface area contributed by atoms with Crippen LogP contribution in [0.4, 0.5) is 0 Å². The minimum Gasteiger partial charge on any atom is -0.390 e. The predicted molar refractivity (Wildman–Crippen MR) is 104 cm³/mol. The fraction of sp³-hybridized carbons (Fsp3) is 0.350. The zero-order chi connectivity index (χ0) is 18.5. The zero-order valence-electron chi connectivity index (χ0n) is 14.9. The maximum atomic E-state index is 10.4. The molecule has 0 aliphatic heterocycles. The first-order chi connectivity index (χ1) is 13.3. The summed E-state index contributed by atoms with van der Waals surface area (Å²) in [6, 6.07) is 18.1. The van der Waals surface area contributed by atoms with Crippen LogP contribution in [0.2, 0.25) is 0 Å². The summed E-state index contributed by atoms with van der Waals surface area (Å²) in [7, 11) is 0. The Kier molecular flexibility index (Phi) is 5.81. The topological polar surface area (TPSA) is 73.1 Å². The summed E-state index contributed by atoms with van der Waals surface area (Å²) < 4.78 is 7.71. The second kappa shape index (κ2) is 8.65. The van der Waals surface area contributed by atoms with E-state index in [9.17, 15) is 5.11 Å². The minimum absolute atomic E-state index is 0.0734. The third-order valence-corrected chi connectivity index (χ3v) is 5.71. The smallest absolute Gasteiger partial charge is 0.214 e. The van der Waals surface area contributed by atoms with Gasteiger partial charge in [0, 0.05) is 5.75 Å². The number of rotatable bonds is 7. The van der Waals surface area contributed by atoms with E-state index < -0.39 is 6.10 Å². The second-order valence-corrected chi connectivity index (χ2v) is 7.57. The number of hydrogen-bond acceptors (Lipinski definition) is 6. The van der Waals surface area contributed by atoms with E-state index in [0.717, 1.165) is 24.9 Å². The number of benzene rings is 2. The fourth-order valence-electron chi connectivity index (χ4n) is 3.33. The van der Waals surface area contributed by atoms with Crippen LogP contribution in [0.5, 0.6) is 0 Å². The molecule has 0 amide bonds. The Morgan fingerprint density at radius 1 is 1.15 bits per heavy atom. The molecule has 0 unspecified atom stereocenters. The van der Waals surface area contributed by atoms with Crippen molar-refractivity contribution in [3.8, 4) is 5.69 Å². The monoisotopic (exact) mass is 382 g/mol. The van der Waals surface area contributed by atoms with Gasteiger partial charge in [0.05, 0.1) is 24.5 Å². The molecule has 0 spiro atoms. The molecule has 2 atom stereocenters. The highest BCUT2D eigenvalue weighted by Gasteiger charge is 2.21. The lowest BCUT2D eigenvalue weighted by Gasteiger charge is -2.26. The first-order valence-corrected chi connectivity index (χ1v) is 10.1. The first-order valence-electron chi connectivity index (χ1n) is 9.15. The van der Waals surface area contributed by atoms with E-state index in [2.05, 4.69) is 39.8 Å². The summed E-state index contributed by atoms with van der Waals surface area (Å²) in [5, 5.41) is 22.9. The van der Waals surface area contributed by atoms with Gasteiger partial charge < -0.3 is 9.84 Å². The minimum atomic E-state index is -0.579. The van der Waals surface area contributed by atoms with Crippen LogP contribution in [0.15, 0.2) is 59.8 Å². The van der Waals surface area contributed by atoms with Crippen molar-refractivity contribution < 1.29 is 9.84 Å². The molecule has 140 valence electrons. The molecule has 0 saturated carbocycles. The largest absolute Gasteiger partial charge is 0.390 e. The van der Waals surface area contributed by atoms with E-state index in [1.54, 1.807) is 4.68 Å². The van der Waals surface area contributed by atoms with Gasteiger partial charge in [-0.25, -0.2) is 0 Å². The normalized spacial score (nSPS) is 17.4.